The summed E-state index contributed by atoms with van der Waals surface area (Å²) in [5, 5.41) is 0. The first-order valence-electron chi connectivity index (χ1n) is 6.70. The maximum atomic E-state index is 12.5. The topological polar surface area (TPSA) is 68.5 Å². The molecule has 0 spiro atoms. The van der Waals surface area contributed by atoms with Crippen LogP contribution in [0.1, 0.15) is 16.1 Å². The number of nitrogens with two attached hydrogens (primary N) is 1. The zero-order chi connectivity index (χ0) is 15.2. The van der Waals surface area contributed by atoms with Crippen molar-refractivity contribution in [3.63, 3.8) is 0 Å². The minimum Gasteiger partial charge on any atom is -0.496 e. The van der Waals surface area contributed by atoms with E-state index < -0.39 is 0 Å². The molecule has 21 heavy (non-hydrogen) atoms. The van der Waals surface area contributed by atoms with Gasteiger partial charge in [0.05, 0.1) is 12.7 Å². The van der Waals surface area contributed by atoms with Crippen molar-refractivity contribution in [2.45, 2.75) is 6.42 Å². The maximum Gasteiger partial charge on any atom is 0.257 e. The number of carbonyl (C=O) groups is 1. The van der Waals surface area contributed by atoms with Crippen LogP contribution in [-0.4, -0.2) is 36.5 Å². The fourth-order valence-electron chi connectivity index (χ4n) is 2.03. The predicted molar refractivity (Wildman–Crippen MR) is 82.3 cm³/mol. The molecule has 5 nitrogen and oxygen atoms in total. The smallest absolute Gasteiger partial charge is 0.257 e. The van der Waals surface area contributed by atoms with Crippen LogP contribution in [0.5, 0.6) is 5.75 Å². The van der Waals surface area contributed by atoms with Gasteiger partial charge in [0.2, 0.25) is 0 Å². The number of ether oxygens (including phenoxy) is 1. The van der Waals surface area contributed by atoms with E-state index in [-0.39, 0.29) is 5.91 Å². The molecule has 110 valence electrons. The number of amides is 1. The number of aromatic nitrogens is 1. The summed E-state index contributed by atoms with van der Waals surface area (Å²) < 4.78 is 5.22. The molecule has 1 aromatic carbocycles. The van der Waals surface area contributed by atoms with Crippen LogP contribution in [0.15, 0.2) is 42.6 Å². The van der Waals surface area contributed by atoms with Crippen molar-refractivity contribution in [2.75, 3.05) is 26.4 Å². The lowest BCUT2D eigenvalue weighted by Crippen LogP contribution is -2.29. The summed E-state index contributed by atoms with van der Waals surface area (Å²) in [6.45, 7) is 0.577. The fraction of sp³-hybridized carbons (Fsp3) is 0.250. The highest BCUT2D eigenvalue weighted by molar-refractivity contribution is 5.97. The molecular formula is C16H19N3O2. The summed E-state index contributed by atoms with van der Waals surface area (Å²) >= 11 is 0. The van der Waals surface area contributed by atoms with E-state index >= 15 is 0 Å². The number of pyridine rings is 1. The van der Waals surface area contributed by atoms with Gasteiger partial charge in [-0.1, -0.05) is 6.07 Å². The molecular weight excluding hydrogens is 266 g/mol. The number of rotatable bonds is 5. The molecule has 0 aliphatic carbocycles. The van der Waals surface area contributed by atoms with Gasteiger partial charge in [0.1, 0.15) is 5.75 Å². The molecule has 2 rings (SSSR count). The molecule has 2 aromatic rings. The molecule has 1 amide bonds. The molecule has 0 unspecified atom stereocenters. The van der Waals surface area contributed by atoms with Gasteiger partial charge >= 0.3 is 0 Å². The number of benzene rings is 1. The zero-order valence-corrected chi connectivity index (χ0v) is 12.2. The van der Waals surface area contributed by atoms with Crippen LogP contribution in [0.3, 0.4) is 0 Å². The average Bonchev–Trinajstić information content (AvgIpc) is 2.52. The van der Waals surface area contributed by atoms with Gasteiger partial charge in [-0.05, 0) is 30.3 Å². The molecule has 0 fully saturated rings. The lowest BCUT2D eigenvalue weighted by Gasteiger charge is -2.18. The summed E-state index contributed by atoms with van der Waals surface area (Å²) in [6.07, 6.45) is 2.45. The number of anilines is 1. The molecule has 0 atom stereocenters. The van der Waals surface area contributed by atoms with E-state index in [4.69, 9.17) is 10.5 Å². The second-order valence-corrected chi connectivity index (χ2v) is 4.76. The molecule has 1 aromatic heterocycles. The normalized spacial score (nSPS) is 10.2. The van der Waals surface area contributed by atoms with Crippen molar-refractivity contribution in [3.05, 3.63) is 53.9 Å². The number of hydrogen-bond donors (Lipinski definition) is 1. The Bertz CT molecular complexity index is 614. The molecule has 0 aliphatic heterocycles. The fourth-order valence-corrected chi connectivity index (χ4v) is 2.03. The van der Waals surface area contributed by atoms with Crippen LogP contribution >= 0.6 is 0 Å². The number of nitrogen functional groups attached to an aromatic ring is 1. The molecule has 0 saturated heterocycles. The highest BCUT2D eigenvalue weighted by atomic mass is 16.5. The second kappa shape index (κ2) is 6.74. The Morgan fingerprint density at radius 1 is 1.33 bits per heavy atom. The van der Waals surface area contributed by atoms with Gasteiger partial charge in [-0.2, -0.15) is 0 Å². The summed E-state index contributed by atoms with van der Waals surface area (Å²) in [5.74, 6) is 0.411. The Balaban J connectivity index is 2.07. The van der Waals surface area contributed by atoms with Crippen molar-refractivity contribution < 1.29 is 9.53 Å². The van der Waals surface area contributed by atoms with Crippen molar-refractivity contribution in [1.29, 1.82) is 0 Å². The van der Waals surface area contributed by atoms with Crippen LogP contribution in [0.4, 0.5) is 5.69 Å². The minimum atomic E-state index is -0.116. The zero-order valence-electron chi connectivity index (χ0n) is 12.2. The van der Waals surface area contributed by atoms with Gasteiger partial charge in [0, 0.05) is 37.6 Å². The second-order valence-electron chi connectivity index (χ2n) is 4.76. The molecule has 0 saturated carbocycles. The summed E-state index contributed by atoms with van der Waals surface area (Å²) in [7, 11) is 3.30. The predicted octanol–water partition coefficient (Wildman–Crippen LogP) is 1.99. The standard InChI is InChI=1S/C16H19N3O2/c1-19(10-8-13-5-3-4-9-18-13)16(20)14-11-12(17)6-7-15(14)21-2/h3-7,9,11H,8,10,17H2,1-2H3. The van der Waals surface area contributed by atoms with Crippen molar-refractivity contribution in [3.8, 4) is 5.75 Å². The van der Waals surface area contributed by atoms with Gasteiger partial charge in [-0.25, -0.2) is 0 Å². The maximum absolute atomic E-state index is 12.5. The Labute approximate surface area is 124 Å². The van der Waals surface area contributed by atoms with Gasteiger partial charge in [-0.3, -0.25) is 9.78 Å². The third-order valence-corrected chi connectivity index (χ3v) is 3.23. The van der Waals surface area contributed by atoms with Crippen LogP contribution < -0.4 is 10.5 Å². The highest BCUT2D eigenvalue weighted by Gasteiger charge is 2.17. The third-order valence-electron chi connectivity index (χ3n) is 3.23. The summed E-state index contributed by atoms with van der Waals surface area (Å²) in [5.41, 5.74) is 7.72. The first kappa shape index (κ1) is 14.8. The first-order chi connectivity index (χ1) is 10.1. The third kappa shape index (κ3) is 3.72. The highest BCUT2D eigenvalue weighted by Crippen LogP contribution is 2.22. The number of hydrogen-bond acceptors (Lipinski definition) is 4. The number of nitrogens with zero attached hydrogens (tertiary/aromatic N) is 2. The average molecular weight is 285 g/mol. The summed E-state index contributed by atoms with van der Waals surface area (Å²) in [6, 6.07) is 10.8. The van der Waals surface area contributed by atoms with E-state index in [1.807, 2.05) is 18.2 Å². The van der Waals surface area contributed by atoms with Gasteiger partial charge in [0.25, 0.3) is 5.91 Å². The number of methoxy groups -OCH3 is 1. The SMILES string of the molecule is COc1ccc(N)cc1C(=O)N(C)CCc1ccccn1. The van der Waals surface area contributed by atoms with Crippen LogP contribution in [0.2, 0.25) is 0 Å². The van der Waals surface area contributed by atoms with E-state index in [2.05, 4.69) is 4.98 Å². The van der Waals surface area contributed by atoms with Crippen molar-refractivity contribution in [2.24, 2.45) is 0 Å². The van der Waals surface area contributed by atoms with Crippen molar-refractivity contribution >= 4 is 11.6 Å². The van der Waals surface area contributed by atoms with E-state index in [1.165, 1.54) is 7.11 Å². The molecule has 0 bridgehead atoms. The Morgan fingerprint density at radius 3 is 2.81 bits per heavy atom. The molecule has 2 N–H and O–H groups in total. The van der Waals surface area contributed by atoms with Crippen LogP contribution in [-0.2, 0) is 6.42 Å². The number of likely N-dealkylation sites (N-methyl/N-ethyl adjacent to an activating group) is 1. The van der Waals surface area contributed by atoms with Crippen LogP contribution in [0, 0.1) is 0 Å². The monoisotopic (exact) mass is 285 g/mol. The Kier molecular flexibility index (Phi) is 4.77. The summed E-state index contributed by atoms with van der Waals surface area (Å²) in [4.78, 5) is 18.4. The lowest BCUT2D eigenvalue weighted by atomic mass is 10.1. The van der Waals surface area contributed by atoms with Crippen molar-refractivity contribution in [1.82, 2.24) is 9.88 Å². The van der Waals surface area contributed by atoms with E-state index in [0.717, 1.165) is 5.69 Å². The van der Waals surface area contributed by atoms with Gasteiger partial charge < -0.3 is 15.4 Å². The molecule has 5 heteroatoms. The molecule has 0 aliphatic rings. The quantitative estimate of drug-likeness (QED) is 0.853. The van der Waals surface area contributed by atoms with Crippen LogP contribution in [0.25, 0.3) is 0 Å². The first-order valence-corrected chi connectivity index (χ1v) is 6.70. The minimum absolute atomic E-state index is 0.116. The van der Waals surface area contributed by atoms with E-state index in [0.29, 0.717) is 30.0 Å². The molecule has 0 radical (unpaired) electrons. The van der Waals surface area contributed by atoms with E-state index in [9.17, 15) is 4.79 Å². The Morgan fingerprint density at radius 2 is 2.14 bits per heavy atom. The Hall–Kier alpha value is -2.56. The lowest BCUT2D eigenvalue weighted by molar-refractivity contribution is 0.0793. The van der Waals surface area contributed by atoms with Gasteiger partial charge in [-0.15, -0.1) is 0 Å². The molecule has 1 heterocycles. The largest absolute Gasteiger partial charge is 0.496 e. The number of carbonyl (C=O) groups excluding carboxylic acids is 1. The van der Waals surface area contributed by atoms with E-state index in [1.54, 1.807) is 36.3 Å². The van der Waals surface area contributed by atoms with Gasteiger partial charge in [0.15, 0.2) is 0 Å².